The minimum absolute atomic E-state index is 0.106. The van der Waals surface area contributed by atoms with Crippen LogP contribution in [0.5, 0.6) is 0 Å². The fourth-order valence-electron chi connectivity index (χ4n) is 3.37. The van der Waals surface area contributed by atoms with E-state index in [1.54, 1.807) is 19.1 Å². The molecule has 2 aromatic rings. The smallest absolute Gasteiger partial charge is 0.268 e. The number of rotatable bonds is 11. The number of aromatic nitrogens is 1. The topological polar surface area (TPSA) is 69.5 Å². The number of nitrogens with zero attached hydrogens (tertiary/aromatic N) is 4. The number of amides is 1. The molecule has 2 unspecified atom stereocenters. The van der Waals surface area contributed by atoms with Crippen molar-refractivity contribution in [2.24, 2.45) is 0 Å². The number of halogens is 3. The highest BCUT2D eigenvalue weighted by Crippen LogP contribution is 2.25. The highest BCUT2D eigenvalue weighted by atomic mass is 19.3. The second-order valence-electron chi connectivity index (χ2n) is 7.20. The van der Waals surface area contributed by atoms with E-state index in [0.29, 0.717) is 31.0 Å². The molecule has 0 saturated heterocycles. The van der Waals surface area contributed by atoms with Gasteiger partial charge in [-0.1, -0.05) is 12.1 Å². The molecule has 0 fully saturated rings. The van der Waals surface area contributed by atoms with E-state index in [2.05, 4.69) is 4.98 Å². The SMILES string of the molecule is CCN(CC(C)N(CC)c1ccc(C#N)cn1)C(=O)COC(c1ccc(F)cc1)C(F)F. The molecule has 0 aliphatic heterocycles. The number of pyridine rings is 1. The lowest BCUT2D eigenvalue weighted by Crippen LogP contribution is -2.46. The molecular weight excluding hydrogens is 421 g/mol. The summed E-state index contributed by atoms with van der Waals surface area (Å²) in [7, 11) is 0. The molecule has 0 saturated carbocycles. The first kappa shape index (κ1) is 25.1. The molecule has 1 aromatic heterocycles. The van der Waals surface area contributed by atoms with Crippen LogP contribution in [0.2, 0.25) is 0 Å². The van der Waals surface area contributed by atoms with E-state index in [0.717, 1.165) is 12.1 Å². The Kier molecular flexibility index (Phi) is 9.47. The number of hydrogen-bond donors (Lipinski definition) is 0. The van der Waals surface area contributed by atoms with Crippen molar-refractivity contribution in [3.8, 4) is 6.07 Å². The average Bonchev–Trinajstić information content (AvgIpc) is 2.79. The first-order chi connectivity index (χ1) is 15.3. The molecule has 1 heterocycles. The van der Waals surface area contributed by atoms with Crippen LogP contribution in [-0.4, -0.2) is 54.5 Å². The third-order valence-corrected chi connectivity index (χ3v) is 5.08. The van der Waals surface area contributed by atoms with E-state index in [1.165, 1.54) is 23.2 Å². The number of carbonyl (C=O) groups is 1. The molecule has 0 radical (unpaired) electrons. The molecule has 2 rings (SSSR count). The maximum absolute atomic E-state index is 13.4. The van der Waals surface area contributed by atoms with Gasteiger partial charge in [-0.25, -0.2) is 18.2 Å². The van der Waals surface area contributed by atoms with Gasteiger partial charge >= 0.3 is 0 Å². The number of carbonyl (C=O) groups excluding carboxylic acids is 1. The highest BCUT2D eigenvalue weighted by molar-refractivity contribution is 5.77. The Morgan fingerprint density at radius 3 is 2.34 bits per heavy atom. The first-order valence-corrected chi connectivity index (χ1v) is 10.4. The van der Waals surface area contributed by atoms with Gasteiger partial charge in [-0.05, 0) is 50.6 Å². The molecule has 172 valence electrons. The number of likely N-dealkylation sites (N-methyl/N-ethyl adjacent to an activating group) is 2. The molecule has 9 heteroatoms. The Morgan fingerprint density at radius 2 is 1.84 bits per heavy atom. The molecule has 2 atom stereocenters. The fraction of sp³-hybridized carbons (Fsp3) is 0.435. The van der Waals surface area contributed by atoms with Crippen molar-refractivity contribution in [1.29, 1.82) is 5.26 Å². The molecule has 1 amide bonds. The van der Waals surface area contributed by atoms with Gasteiger partial charge in [-0.2, -0.15) is 5.26 Å². The van der Waals surface area contributed by atoms with Gasteiger partial charge in [0.15, 0.2) is 0 Å². The van der Waals surface area contributed by atoms with Crippen LogP contribution < -0.4 is 4.90 Å². The highest BCUT2D eigenvalue weighted by Gasteiger charge is 2.26. The molecule has 0 spiro atoms. The Bertz CT molecular complexity index is 901. The standard InChI is InChI=1S/C23H27F3N4O2/c1-4-29(14-16(3)30(5-2)20-11-6-17(12-27)13-28-20)21(31)15-32-22(23(25)26)18-7-9-19(24)10-8-18/h6-11,13,16,22-23H,4-5,14-15H2,1-3H3. The van der Waals surface area contributed by atoms with Crippen molar-refractivity contribution in [3.05, 3.63) is 59.5 Å². The molecule has 1 aromatic carbocycles. The number of benzene rings is 1. The number of anilines is 1. The molecule has 6 nitrogen and oxygen atoms in total. The van der Waals surface area contributed by atoms with Crippen LogP contribution in [0, 0.1) is 17.1 Å². The molecule has 0 N–H and O–H groups in total. The van der Waals surface area contributed by atoms with E-state index in [1.807, 2.05) is 24.8 Å². The third kappa shape index (κ3) is 6.69. The third-order valence-electron chi connectivity index (χ3n) is 5.08. The zero-order valence-corrected chi connectivity index (χ0v) is 18.3. The lowest BCUT2D eigenvalue weighted by atomic mass is 10.1. The number of ether oxygens (including phenoxy) is 1. The lowest BCUT2D eigenvalue weighted by molar-refractivity contribution is -0.142. The zero-order valence-electron chi connectivity index (χ0n) is 18.3. The summed E-state index contributed by atoms with van der Waals surface area (Å²) < 4.78 is 45.2. The van der Waals surface area contributed by atoms with Gasteiger partial charge in [-0.15, -0.1) is 0 Å². The Hall–Kier alpha value is -3.12. The summed E-state index contributed by atoms with van der Waals surface area (Å²) in [6, 6.07) is 9.92. The predicted octanol–water partition coefficient (Wildman–Crippen LogP) is 4.18. The maximum Gasteiger partial charge on any atom is 0.268 e. The summed E-state index contributed by atoms with van der Waals surface area (Å²) in [6.07, 6.45) is -2.99. The second-order valence-corrected chi connectivity index (χ2v) is 7.20. The van der Waals surface area contributed by atoms with Gasteiger partial charge in [0, 0.05) is 31.9 Å². The van der Waals surface area contributed by atoms with Gasteiger partial charge in [0.2, 0.25) is 5.91 Å². The molecule has 32 heavy (non-hydrogen) atoms. The minimum Gasteiger partial charge on any atom is -0.358 e. The molecule has 0 aliphatic carbocycles. The Morgan fingerprint density at radius 1 is 1.16 bits per heavy atom. The minimum atomic E-state index is -2.86. The zero-order chi connectivity index (χ0) is 23.7. The summed E-state index contributed by atoms with van der Waals surface area (Å²) in [5.74, 6) is -0.287. The van der Waals surface area contributed by atoms with Crippen molar-refractivity contribution < 1.29 is 22.7 Å². The van der Waals surface area contributed by atoms with Crippen LogP contribution >= 0.6 is 0 Å². The van der Waals surface area contributed by atoms with Gasteiger partial charge in [-0.3, -0.25) is 4.79 Å². The van der Waals surface area contributed by atoms with Gasteiger partial charge in [0.25, 0.3) is 6.43 Å². The second kappa shape index (κ2) is 12.1. The fourth-order valence-corrected chi connectivity index (χ4v) is 3.37. The van der Waals surface area contributed by atoms with E-state index >= 15 is 0 Å². The van der Waals surface area contributed by atoms with Gasteiger partial charge in [0.1, 0.15) is 30.4 Å². The van der Waals surface area contributed by atoms with Crippen molar-refractivity contribution in [2.75, 3.05) is 31.1 Å². The normalized spacial score (nSPS) is 12.8. The summed E-state index contributed by atoms with van der Waals surface area (Å²) in [6.45, 7) is 6.50. The summed E-state index contributed by atoms with van der Waals surface area (Å²) >= 11 is 0. The van der Waals surface area contributed by atoms with Crippen LogP contribution in [-0.2, 0) is 9.53 Å². The number of hydrogen-bond acceptors (Lipinski definition) is 5. The first-order valence-electron chi connectivity index (χ1n) is 10.4. The molecule has 0 bridgehead atoms. The summed E-state index contributed by atoms with van der Waals surface area (Å²) in [5.41, 5.74) is 0.560. The largest absolute Gasteiger partial charge is 0.358 e. The maximum atomic E-state index is 13.4. The van der Waals surface area contributed by atoms with E-state index < -0.39 is 30.9 Å². The van der Waals surface area contributed by atoms with Crippen molar-refractivity contribution in [1.82, 2.24) is 9.88 Å². The van der Waals surface area contributed by atoms with E-state index in [-0.39, 0.29) is 11.6 Å². The van der Waals surface area contributed by atoms with Crippen LogP contribution in [0.15, 0.2) is 42.6 Å². The van der Waals surface area contributed by atoms with Crippen molar-refractivity contribution >= 4 is 11.7 Å². The van der Waals surface area contributed by atoms with Gasteiger partial charge in [0.05, 0.1) is 5.56 Å². The lowest BCUT2D eigenvalue weighted by Gasteiger charge is -2.33. The predicted molar refractivity (Wildman–Crippen MR) is 115 cm³/mol. The average molecular weight is 448 g/mol. The number of alkyl halides is 2. The van der Waals surface area contributed by atoms with E-state index in [9.17, 15) is 18.0 Å². The Labute approximate surface area is 186 Å². The van der Waals surface area contributed by atoms with Gasteiger partial charge < -0.3 is 14.5 Å². The van der Waals surface area contributed by atoms with Crippen molar-refractivity contribution in [2.45, 2.75) is 39.3 Å². The molecule has 0 aliphatic rings. The van der Waals surface area contributed by atoms with Crippen LogP contribution in [0.4, 0.5) is 19.0 Å². The van der Waals surface area contributed by atoms with Crippen LogP contribution in [0.1, 0.15) is 38.0 Å². The Balaban J connectivity index is 2.02. The van der Waals surface area contributed by atoms with Crippen molar-refractivity contribution in [3.63, 3.8) is 0 Å². The monoisotopic (exact) mass is 448 g/mol. The summed E-state index contributed by atoms with van der Waals surface area (Å²) in [4.78, 5) is 20.5. The molecular formula is C23H27F3N4O2. The van der Waals surface area contributed by atoms with E-state index in [4.69, 9.17) is 10.00 Å². The number of nitriles is 1. The van der Waals surface area contributed by atoms with Crippen LogP contribution in [0.3, 0.4) is 0 Å². The van der Waals surface area contributed by atoms with Crippen LogP contribution in [0.25, 0.3) is 0 Å². The summed E-state index contributed by atoms with van der Waals surface area (Å²) in [5, 5.41) is 8.93. The quantitative estimate of drug-likeness (QED) is 0.516.